The fourth-order valence-corrected chi connectivity index (χ4v) is 5.06. The van der Waals surface area contributed by atoms with E-state index in [0.29, 0.717) is 11.0 Å². The van der Waals surface area contributed by atoms with Crippen molar-refractivity contribution >= 4 is 72.4 Å². The van der Waals surface area contributed by atoms with Crippen LogP contribution in [0.4, 0.5) is 0 Å². The van der Waals surface area contributed by atoms with E-state index in [0.717, 1.165) is 54.2 Å². The van der Waals surface area contributed by atoms with Crippen LogP contribution < -0.4 is 5.46 Å². The van der Waals surface area contributed by atoms with Crippen LogP contribution in [0.25, 0.3) is 55.1 Å². The summed E-state index contributed by atoms with van der Waals surface area (Å²) in [4.78, 5) is 8.31. The largest absolute Gasteiger partial charge is 0.492 e. The molecule has 0 aliphatic heterocycles. The fourth-order valence-electron chi connectivity index (χ4n) is 4.79. The molecular formula is C34H24BBrN2O4. The summed E-state index contributed by atoms with van der Waals surface area (Å²) in [5.41, 5.74) is 5.49. The number of halogens is 1. The van der Waals surface area contributed by atoms with Crippen molar-refractivity contribution in [3.63, 3.8) is 0 Å². The van der Waals surface area contributed by atoms with Gasteiger partial charge in [-0.2, -0.15) is 0 Å². The molecule has 4 aromatic carbocycles. The van der Waals surface area contributed by atoms with Gasteiger partial charge in [-0.05, 0) is 58.4 Å². The molecule has 4 aromatic heterocycles. The maximum absolute atomic E-state index is 9.24. The van der Waals surface area contributed by atoms with Gasteiger partial charge in [-0.15, -0.1) is 0 Å². The number of furan rings is 2. The lowest BCUT2D eigenvalue weighted by molar-refractivity contribution is 0.425. The Morgan fingerprint density at radius 1 is 0.524 bits per heavy atom. The Kier molecular flexibility index (Phi) is 8.10. The van der Waals surface area contributed by atoms with Gasteiger partial charge in [0.05, 0.1) is 5.69 Å². The smallest absolute Gasteiger partial charge is 0.456 e. The minimum absolute atomic E-state index is 0.397. The third-order valence-electron chi connectivity index (χ3n) is 6.69. The molecule has 2 N–H and O–H groups in total. The van der Waals surface area contributed by atoms with Crippen LogP contribution in [0, 0.1) is 0 Å². The predicted molar refractivity (Wildman–Crippen MR) is 172 cm³/mol. The lowest BCUT2D eigenvalue weighted by Gasteiger charge is -2.00. The van der Waals surface area contributed by atoms with Crippen LogP contribution in [0.3, 0.4) is 0 Å². The van der Waals surface area contributed by atoms with Gasteiger partial charge in [0, 0.05) is 45.0 Å². The van der Waals surface area contributed by atoms with Crippen LogP contribution >= 0.6 is 15.9 Å². The van der Waals surface area contributed by atoms with Gasteiger partial charge in [-0.3, -0.25) is 4.98 Å². The number of aromatic nitrogens is 2. The van der Waals surface area contributed by atoms with Crippen molar-refractivity contribution in [2.45, 2.75) is 0 Å². The highest BCUT2D eigenvalue weighted by atomic mass is 79.9. The lowest BCUT2D eigenvalue weighted by Crippen LogP contribution is -2.29. The first kappa shape index (κ1) is 27.4. The van der Waals surface area contributed by atoms with Gasteiger partial charge in [-0.25, -0.2) is 4.98 Å². The first-order valence-corrected chi connectivity index (χ1v) is 14.0. The number of hydrogen-bond donors (Lipinski definition) is 2. The molecule has 0 amide bonds. The zero-order valence-corrected chi connectivity index (χ0v) is 23.8. The maximum Gasteiger partial charge on any atom is 0.492 e. The molecule has 0 unspecified atom stereocenters. The summed E-state index contributed by atoms with van der Waals surface area (Å²) in [6.45, 7) is 0. The van der Waals surface area contributed by atoms with Crippen molar-refractivity contribution in [3.8, 4) is 11.3 Å². The third kappa shape index (κ3) is 5.69. The highest BCUT2D eigenvalue weighted by molar-refractivity contribution is 9.10. The van der Waals surface area contributed by atoms with Crippen molar-refractivity contribution in [1.82, 2.24) is 9.97 Å². The molecule has 4 heterocycles. The number of para-hydroxylation sites is 4. The minimum Gasteiger partial charge on any atom is -0.456 e. The van der Waals surface area contributed by atoms with Crippen LogP contribution in [0.2, 0.25) is 0 Å². The molecule has 0 fully saturated rings. The molecule has 6 nitrogen and oxygen atoms in total. The SMILES string of the molecule is Brc1ccccn1.OB(O)c1cccc2c1oc1ccccc12.c1ccc(-c2cccc3c2oc2ccccc23)nc1. The van der Waals surface area contributed by atoms with E-state index in [1.54, 1.807) is 24.5 Å². The summed E-state index contributed by atoms with van der Waals surface area (Å²) < 4.78 is 12.5. The average Bonchev–Trinajstić information content (AvgIpc) is 3.61. The minimum atomic E-state index is -1.51. The van der Waals surface area contributed by atoms with E-state index < -0.39 is 7.12 Å². The zero-order chi connectivity index (χ0) is 28.9. The molecule has 0 radical (unpaired) electrons. The third-order valence-corrected chi connectivity index (χ3v) is 7.16. The molecule has 0 spiro atoms. The van der Waals surface area contributed by atoms with E-state index in [9.17, 15) is 10.0 Å². The van der Waals surface area contributed by atoms with E-state index in [1.807, 2.05) is 97.1 Å². The van der Waals surface area contributed by atoms with Crippen molar-refractivity contribution in [2.75, 3.05) is 0 Å². The van der Waals surface area contributed by atoms with Crippen LogP contribution in [0.5, 0.6) is 0 Å². The summed E-state index contributed by atoms with van der Waals surface area (Å²) in [5.74, 6) is 0. The molecule has 8 aromatic rings. The van der Waals surface area contributed by atoms with Gasteiger partial charge in [0.2, 0.25) is 0 Å². The van der Waals surface area contributed by atoms with Crippen molar-refractivity contribution in [3.05, 3.63) is 138 Å². The van der Waals surface area contributed by atoms with E-state index in [1.165, 1.54) is 0 Å². The van der Waals surface area contributed by atoms with E-state index in [4.69, 9.17) is 8.83 Å². The van der Waals surface area contributed by atoms with Gasteiger partial charge in [-0.1, -0.05) is 78.9 Å². The molecule has 42 heavy (non-hydrogen) atoms. The van der Waals surface area contributed by atoms with E-state index in [-0.39, 0.29) is 0 Å². The molecule has 8 rings (SSSR count). The number of hydrogen-bond acceptors (Lipinski definition) is 6. The monoisotopic (exact) mass is 614 g/mol. The Labute approximate surface area is 250 Å². The standard InChI is InChI=1S/C17H11NO.C12H9BO3.C5H4BrN/c1-2-10-16-12(6-1)13-7-5-8-14(17(13)19-16)15-9-3-4-11-18-15;14-13(15)10-6-3-5-9-8-4-1-2-7-11(8)16-12(9)10;6-5-3-1-2-4-7-5/h1-11H;1-7,14-15H;1-4H. The second-order valence-electron chi connectivity index (χ2n) is 9.34. The van der Waals surface area contributed by atoms with Gasteiger partial charge < -0.3 is 18.9 Å². The van der Waals surface area contributed by atoms with Gasteiger partial charge >= 0.3 is 7.12 Å². The molecular weight excluding hydrogens is 591 g/mol. The number of benzene rings is 4. The first-order valence-electron chi connectivity index (χ1n) is 13.2. The van der Waals surface area contributed by atoms with Crippen LogP contribution in [0.15, 0.2) is 147 Å². The fraction of sp³-hybridized carbons (Fsp3) is 0. The molecule has 0 aliphatic rings. The second-order valence-corrected chi connectivity index (χ2v) is 10.2. The average molecular weight is 615 g/mol. The molecule has 0 bridgehead atoms. The summed E-state index contributed by atoms with van der Waals surface area (Å²) in [7, 11) is -1.51. The normalized spacial score (nSPS) is 10.7. The number of nitrogens with zero attached hydrogens (tertiary/aromatic N) is 2. The Morgan fingerprint density at radius 3 is 1.64 bits per heavy atom. The molecule has 8 heteroatoms. The Balaban J connectivity index is 0.000000124. The van der Waals surface area contributed by atoms with Crippen molar-refractivity contribution in [2.24, 2.45) is 0 Å². The molecule has 0 atom stereocenters. The molecule has 0 saturated heterocycles. The van der Waals surface area contributed by atoms with Gasteiger partial charge in [0.15, 0.2) is 0 Å². The van der Waals surface area contributed by atoms with Crippen LogP contribution in [0.1, 0.15) is 0 Å². The quantitative estimate of drug-likeness (QED) is 0.153. The van der Waals surface area contributed by atoms with E-state index >= 15 is 0 Å². The number of rotatable bonds is 2. The van der Waals surface area contributed by atoms with Crippen LogP contribution in [-0.2, 0) is 0 Å². The summed E-state index contributed by atoms with van der Waals surface area (Å²) in [5, 5.41) is 22.7. The number of pyridine rings is 2. The van der Waals surface area contributed by atoms with Gasteiger partial charge in [0.25, 0.3) is 0 Å². The highest BCUT2D eigenvalue weighted by Crippen LogP contribution is 2.34. The first-order chi connectivity index (χ1) is 20.6. The molecule has 0 saturated carbocycles. The predicted octanol–water partition coefficient (Wildman–Crippen LogP) is 7.76. The van der Waals surface area contributed by atoms with Crippen molar-refractivity contribution in [1.29, 1.82) is 0 Å². The van der Waals surface area contributed by atoms with Crippen molar-refractivity contribution < 1.29 is 18.9 Å². The second kappa shape index (κ2) is 12.4. The molecule has 0 aliphatic carbocycles. The molecule has 204 valence electrons. The summed E-state index contributed by atoms with van der Waals surface area (Å²) >= 11 is 3.20. The lowest BCUT2D eigenvalue weighted by atomic mass is 9.79. The highest BCUT2D eigenvalue weighted by Gasteiger charge is 2.18. The Hall–Kier alpha value is -4.76. The maximum atomic E-state index is 9.24. The van der Waals surface area contributed by atoms with Gasteiger partial charge in [0.1, 0.15) is 26.9 Å². The Bertz CT molecular complexity index is 2090. The summed E-state index contributed by atoms with van der Waals surface area (Å²) in [6.07, 6.45) is 3.54. The Morgan fingerprint density at radius 2 is 1.07 bits per heavy atom. The topological polar surface area (TPSA) is 92.5 Å². The zero-order valence-electron chi connectivity index (χ0n) is 22.3. The van der Waals surface area contributed by atoms with E-state index in [2.05, 4.69) is 38.0 Å². The number of fused-ring (bicyclic) bond motifs is 6. The van der Waals surface area contributed by atoms with Crippen LogP contribution in [-0.4, -0.2) is 27.1 Å². The summed E-state index contributed by atoms with van der Waals surface area (Å²) in [6, 6.07) is 38.9.